The third-order valence-electron chi connectivity index (χ3n) is 3.29. The van der Waals surface area contributed by atoms with Crippen molar-refractivity contribution in [1.82, 2.24) is 23.6 Å². The van der Waals surface area contributed by atoms with Gasteiger partial charge >= 0.3 is 11.7 Å². The molecule has 0 saturated heterocycles. The van der Waals surface area contributed by atoms with Gasteiger partial charge < -0.3 is 14.6 Å². The molecule has 22 heavy (non-hydrogen) atoms. The molecule has 1 N–H and O–H groups in total. The minimum Gasteiger partial charge on any atom is -0.480 e. The van der Waals surface area contributed by atoms with Gasteiger partial charge in [-0.25, -0.2) is 14.3 Å². The van der Waals surface area contributed by atoms with E-state index in [1.54, 1.807) is 7.05 Å². The molecule has 0 aliphatic carbocycles. The Kier molecular flexibility index (Phi) is 3.85. The molecule has 0 bridgehead atoms. The van der Waals surface area contributed by atoms with Gasteiger partial charge in [-0.15, -0.1) is 0 Å². The first-order valence-electron chi connectivity index (χ1n) is 6.30. The van der Waals surface area contributed by atoms with Crippen molar-refractivity contribution in [2.75, 3.05) is 13.6 Å². The van der Waals surface area contributed by atoms with Crippen molar-refractivity contribution in [1.29, 1.82) is 0 Å². The zero-order valence-electron chi connectivity index (χ0n) is 12.3. The number of fused-ring (bicyclic) bond motifs is 1. The maximum absolute atomic E-state index is 12.4. The van der Waals surface area contributed by atoms with Crippen LogP contribution in [0.15, 0.2) is 15.9 Å². The highest BCUT2D eigenvalue weighted by Crippen LogP contribution is 2.02. The van der Waals surface area contributed by atoms with Crippen LogP contribution in [0.25, 0.3) is 11.2 Å². The normalized spacial score (nSPS) is 10.9. The molecular weight excluding hydrogens is 294 g/mol. The number of hydrogen-bond donors (Lipinski definition) is 1. The smallest absolute Gasteiger partial charge is 0.332 e. The number of imidazole rings is 1. The van der Waals surface area contributed by atoms with Gasteiger partial charge in [-0.2, -0.15) is 0 Å². The highest BCUT2D eigenvalue weighted by atomic mass is 16.4. The average molecular weight is 309 g/mol. The first-order chi connectivity index (χ1) is 10.2. The standard InChI is InChI=1S/C12H15N5O5/c1-14(5-8(19)20)7(18)4-17-11(21)9-10(13-6-15(9)2)16(3)12(17)22/h6H,4-5H2,1-3H3,(H,19,20). The number of rotatable bonds is 4. The van der Waals surface area contributed by atoms with Gasteiger partial charge in [0.15, 0.2) is 11.2 Å². The van der Waals surface area contributed by atoms with Crippen molar-refractivity contribution in [3.63, 3.8) is 0 Å². The second kappa shape index (κ2) is 5.47. The molecule has 0 saturated carbocycles. The van der Waals surface area contributed by atoms with Crippen molar-refractivity contribution in [2.24, 2.45) is 14.1 Å². The molecule has 0 aliphatic rings. The van der Waals surface area contributed by atoms with E-state index in [0.717, 1.165) is 9.47 Å². The summed E-state index contributed by atoms with van der Waals surface area (Å²) >= 11 is 0. The fraction of sp³-hybridized carbons (Fsp3) is 0.417. The molecule has 2 heterocycles. The fourth-order valence-electron chi connectivity index (χ4n) is 2.08. The molecule has 2 rings (SSSR count). The molecule has 2 aromatic rings. The molecular formula is C12H15N5O5. The minimum absolute atomic E-state index is 0.191. The lowest BCUT2D eigenvalue weighted by Crippen LogP contribution is -2.44. The molecule has 10 heteroatoms. The molecule has 0 unspecified atom stereocenters. The van der Waals surface area contributed by atoms with Crippen LogP contribution in [0.2, 0.25) is 0 Å². The lowest BCUT2D eigenvalue weighted by atomic mass is 10.4. The molecule has 10 nitrogen and oxygen atoms in total. The number of carboxylic acids is 1. The summed E-state index contributed by atoms with van der Waals surface area (Å²) in [7, 11) is 4.33. The number of hydrogen-bond acceptors (Lipinski definition) is 5. The first-order valence-corrected chi connectivity index (χ1v) is 6.30. The van der Waals surface area contributed by atoms with Crippen molar-refractivity contribution in [2.45, 2.75) is 6.54 Å². The summed E-state index contributed by atoms with van der Waals surface area (Å²) in [5.41, 5.74) is -0.917. The highest BCUT2D eigenvalue weighted by molar-refractivity contribution is 5.81. The summed E-state index contributed by atoms with van der Waals surface area (Å²) in [5.74, 6) is -1.83. The largest absolute Gasteiger partial charge is 0.480 e. The Hall–Kier alpha value is -2.91. The Balaban J connectivity index is 2.50. The van der Waals surface area contributed by atoms with Crippen LogP contribution >= 0.6 is 0 Å². The second-order valence-corrected chi connectivity index (χ2v) is 4.90. The quantitative estimate of drug-likeness (QED) is 0.696. The Morgan fingerprint density at radius 3 is 2.55 bits per heavy atom. The van der Waals surface area contributed by atoms with E-state index in [-0.39, 0.29) is 11.2 Å². The van der Waals surface area contributed by atoms with Crippen LogP contribution in [-0.4, -0.2) is 54.2 Å². The van der Waals surface area contributed by atoms with Crippen LogP contribution in [0.4, 0.5) is 0 Å². The zero-order valence-corrected chi connectivity index (χ0v) is 12.3. The molecule has 118 valence electrons. The van der Waals surface area contributed by atoms with Gasteiger partial charge in [0.25, 0.3) is 5.56 Å². The summed E-state index contributed by atoms with van der Waals surface area (Å²) in [6.07, 6.45) is 1.40. The Morgan fingerprint density at radius 2 is 1.95 bits per heavy atom. The van der Waals surface area contributed by atoms with Crippen LogP contribution in [0.1, 0.15) is 0 Å². The maximum Gasteiger partial charge on any atom is 0.332 e. The fourth-order valence-corrected chi connectivity index (χ4v) is 2.08. The summed E-state index contributed by atoms with van der Waals surface area (Å²) in [6, 6.07) is 0. The van der Waals surface area contributed by atoms with Crippen LogP contribution in [0.3, 0.4) is 0 Å². The topological polar surface area (TPSA) is 119 Å². The van der Waals surface area contributed by atoms with Gasteiger partial charge in [-0.3, -0.25) is 19.0 Å². The molecule has 1 amide bonds. The van der Waals surface area contributed by atoms with E-state index < -0.39 is 36.2 Å². The van der Waals surface area contributed by atoms with E-state index in [1.165, 1.54) is 29.6 Å². The van der Waals surface area contributed by atoms with Gasteiger partial charge in [0.05, 0.1) is 6.33 Å². The maximum atomic E-state index is 12.4. The monoisotopic (exact) mass is 309 g/mol. The molecule has 0 fully saturated rings. The Morgan fingerprint density at radius 1 is 1.32 bits per heavy atom. The van der Waals surface area contributed by atoms with E-state index in [1.807, 2.05) is 0 Å². The van der Waals surface area contributed by atoms with Crippen LogP contribution in [0.5, 0.6) is 0 Å². The third kappa shape index (κ3) is 2.50. The summed E-state index contributed by atoms with van der Waals surface area (Å²) < 4.78 is 3.39. The van der Waals surface area contributed by atoms with E-state index >= 15 is 0 Å². The summed E-state index contributed by atoms with van der Waals surface area (Å²) in [6.45, 7) is -1.04. The molecule has 0 aliphatic heterocycles. The van der Waals surface area contributed by atoms with Gasteiger partial charge in [0.2, 0.25) is 5.91 Å². The number of carbonyl (C=O) groups is 2. The lowest BCUT2D eigenvalue weighted by molar-refractivity contribution is -0.143. The van der Waals surface area contributed by atoms with Gasteiger partial charge in [0.1, 0.15) is 13.1 Å². The van der Waals surface area contributed by atoms with E-state index in [9.17, 15) is 19.2 Å². The van der Waals surface area contributed by atoms with Crippen LogP contribution < -0.4 is 11.2 Å². The van der Waals surface area contributed by atoms with E-state index in [4.69, 9.17) is 5.11 Å². The highest BCUT2D eigenvalue weighted by Gasteiger charge is 2.19. The van der Waals surface area contributed by atoms with E-state index in [0.29, 0.717) is 0 Å². The molecule has 0 radical (unpaired) electrons. The minimum atomic E-state index is -1.18. The van der Waals surface area contributed by atoms with Gasteiger partial charge in [-0.05, 0) is 0 Å². The molecule has 2 aromatic heterocycles. The summed E-state index contributed by atoms with van der Waals surface area (Å²) in [5, 5.41) is 8.66. The Bertz CT molecular complexity index is 874. The lowest BCUT2D eigenvalue weighted by Gasteiger charge is -2.15. The van der Waals surface area contributed by atoms with Crippen molar-refractivity contribution in [3.05, 3.63) is 27.2 Å². The average Bonchev–Trinajstić information content (AvgIpc) is 2.82. The van der Waals surface area contributed by atoms with Crippen molar-refractivity contribution in [3.8, 4) is 0 Å². The molecule has 0 atom stereocenters. The number of aromatic nitrogens is 4. The number of likely N-dealkylation sites (N-methyl/N-ethyl adjacent to an activating group) is 1. The number of aliphatic carboxylic acids is 1. The van der Waals surface area contributed by atoms with Crippen molar-refractivity contribution >= 4 is 23.0 Å². The predicted molar refractivity (Wildman–Crippen MR) is 75.5 cm³/mol. The Labute approximate surface area is 123 Å². The third-order valence-corrected chi connectivity index (χ3v) is 3.29. The number of carbonyl (C=O) groups excluding carboxylic acids is 1. The molecule has 0 aromatic carbocycles. The summed E-state index contributed by atoms with van der Waals surface area (Å²) in [4.78, 5) is 52.0. The number of amides is 1. The van der Waals surface area contributed by atoms with Gasteiger partial charge in [0, 0.05) is 21.1 Å². The zero-order chi connectivity index (χ0) is 16.6. The SMILES string of the molecule is CN(CC(=O)O)C(=O)Cn1c(=O)c2c(ncn2C)n(C)c1=O. The van der Waals surface area contributed by atoms with Crippen LogP contribution in [-0.2, 0) is 30.2 Å². The second-order valence-electron chi connectivity index (χ2n) is 4.90. The van der Waals surface area contributed by atoms with Crippen LogP contribution in [0, 0.1) is 0 Å². The van der Waals surface area contributed by atoms with Gasteiger partial charge in [-0.1, -0.05) is 0 Å². The number of carboxylic acid groups (broad SMARTS) is 1. The number of aryl methyl sites for hydroxylation is 2. The van der Waals surface area contributed by atoms with Crippen molar-refractivity contribution < 1.29 is 14.7 Å². The predicted octanol–water partition coefficient (Wildman–Crippen LogP) is -2.02. The van der Waals surface area contributed by atoms with E-state index in [2.05, 4.69) is 4.98 Å². The number of nitrogens with zero attached hydrogens (tertiary/aromatic N) is 5. The molecule has 0 spiro atoms. The first kappa shape index (κ1) is 15.5.